The second-order valence-corrected chi connectivity index (χ2v) is 2.42. The van der Waals surface area contributed by atoms with Gasteiger partial charge in [0.2, 0.25) is 0 Å². The van der Waals surface area contributed by atoms with Crippen molar-refractivity contribution < 1.29 is 0 Å². The van der Waals surface area contributed by atoms with Crippen LogP contribution in [0.15, 0.2) is 21.9 Å². The van der Waals surface area contributed by atoms with Crippen LogP contribution in [-0.4, -0.2) is 15.3 Å². The van der Waals surface area contributed by atoms with Crippen molar-refractivity contribution in [1.29, 1.82) is 0 Å². The Labute approximate surface area is 68.3 Å². The molecule has 0 saturated heterocycles. The molecule has 0 amide bonds. The molecular weight excluding hydrogens is 164 g/mol. The molecule has 1 aromatic heterocycles. The van der Waals surface area contributed by atoms with Crippen LogP contribution in [0.5, 0.6) is 0 Å². The molecule has 0 atom stereocenters. The largest absolute Gasteiger partial charge is 0.328 e. The van der Waals surface area contributed by atoms with Crippen molar-refractivity contribution >= 4 is 12.6 Å². The lowest BCUT2D eigenvalue weighted by molar-refractivity contribution is 0.701. The lowest BCUT2D eigenvalue weighted by Gasteiger charge is -1.98. The molecule has 0 unspecified atom stereocenters. The number of aryl methyl sites for hydroxylation is 1. The highest BCUT2D eigenvalue weighted by molar-refractivity contribution is 7.80. The van der Waals surface area contributed by atoms with Crippen LogP contribution in [0, 0.1) is 0 Å². The van der Waals surface area contributed by atoms with Crippen molar-refractivity contribution in [2.75, 3.05) is 5.75 Å². The van der Waals surface area contributed by atoms with E-state index in [2.05, 4.69) is 17.6 Å². The van der Waals surface area contributed by atoms with Gasteiger partial charge in [0.05, 0.1) is 0 Å². The first-order chi connectivity index (χ1) is 5.24. The predicted octanol–water partition coefficient (Wildman–Crippen LogP) is -0.266. The van der Waals surface area contributed by atoms with Gasteiger partial charge in [0.15, 0.2) is 0 Å². The minimum Gasteiger partial charge on any atom is -0.300 e. The fourth-order valence-electron chi connectivity index (χ4n) is 0.719. The topological polar surface area (TPSA) is 54.9 Å². The molecular formula is C6H7N2O2S. The Morgan fingerprint density at radius 1 is 1.55 bits per heavy atom. The average molecular weight is 171 g/mol. The van der Waals surface area contributed by atoms with Crippen LogP contribution in [0.25, 0.3) is 0 Å². The second-order valence-electron chi connectivity index (χ2n) is 2.01. The molecule has 4 nitrogen and oxygen atoms in total. The van der Waals surface area contributed by atoms with E-state index in [0.717, 1.165) is 0 Å². The third-order valence-corrected chi connectivity index (χ3v) is 1.41. The Hall–Kier alpha value is -0.970. The number of aromatic amines is 1. The Balaban J connectivity index is 3.10. The summed E-state index contributed by atoms with van der Waals surface area (Å²) >= 11 is 4.67. The van der Waals surface area contributed by atoms with Crippen molar-refractivity contribution in [1.82, 2.24) is 9.55 Å². The number of aromatic nitrogens is 2. The lowest BCUT2D eigenvalue weighted by Crippen LogP contribution is -2.28. The van der Waals surface area contributed by atoms with Crippen LogP contribution in [-0.2, 0) is 6.54 Å². The van der Waals surface area contributed by atoms with E-state index < -0.39 is 5.69 Å². The summed E-state index contributed by atoms with van der Waals surface area (Å²) in [5, 5.41) is 0. The van der Waals surface area contributed by atoms with Gasteiger partial charge in [-0.2, -0.15) is 0 Å². The predicted molar refractivity (Wildman–Crippen MR) is 43.8 cm³/mol. The molecule has 1 N–H and O–H groups in total. The van der Waals surface area contributed by atoms with E-state index in [-0.39, 0.29) is 5.56 Å². The van der Waals surface area contributed by atoms with Crippen molar-refractivity contribution in [2.24, 2.45) is 0 Å². The Morgan fingerprint density at radius 2 is 2.27 bits per heavy atom. The fraction of sp³-hybridized carbons (Fsp3) is 0.333. The molecule has 0 saturated carbocycles. The summed E-state index contributed by atoms with van der Waals surface area (Å²) in [4.78, 5) is 23.6. The van der Waals surface area contributed by atoms with Gasteiger partial charge in [-0.15, -0.1) is 0 Å². The quantitative estimate of drug-likeness (QED) is 0.666. The average Bonchev–Trinajstić information content (AvgIpc) is 1.95. The molecule has 5 heteroatoms. The molecule has 0 aliphatic carbocycles. The molecule has 0 aromatic carbocycles. The SMILES string of the molecule is O=c1ccn(CC[S])c(=O)[nH]1. The first-order valence-electron chi connectivity index (χ1n) is 3.12. The number of nitrogens with one attached hydrogen (secondary N) is 1. The van der Waals surface area contributed by atoms with Gasteiger partial charge in [-0.3, -0.25) is 14.3 Å². The zero-order valence-electron chi connectivity index (χ0n) is 5.74. The van der Waals surface area contributed by atoms with Gasteiger partial charge in [-0.05, 0) is 0 Å². The minimum atomic E-state index is -0.401. The van der Waals surface area contributed by atoms with Gasteiger partial charge in [-0.25, -0.2) is 4.79 Å². The fourth-order valence-corrected chi connectivity index (χ4v) is 0.915. The number of nitrogens with zero attached hydrogens (tertiary/aromatic N) is 1. The Bertz CT molecular complexity index is 341. The standard InChI is InChI=1S/C6H7N2O2S/c9-5-1-2-8(3-4-11)6(10)7-5/h1-2H,3-4H2,(H,7,9,10). The van der Waals surface area contributed by atoms with Gasteiger partial charge < -0.3 is 0 Å². The normalized spacial score (nSPS) is 9.91. The third-order valence-electron chi connectivity index (χ3n) is 1.23. The molecule has 1 heterocycles. The smallest absolute Gasteiger partial charge is 0.300 e. The van der Waals surface area contributed by atoms with Crippen molar-refractivity contribution in [2.45, 2.75) is 6.54 Å². The summed E-state index contributed by atoms with van der Waals surface area (Å²) in [7, 11) is 0. The van der Waals surface area contributed by atoms with Crippen LogP contribution < -0.4 is 11.2 Å². The molecule has 0 aliphatic rings. The summed E-state index contributed by atoms with van der Waals surface area (Å²) in [6.45, 7) is 0.463. The summed E-state index contributed by atoms with van der Waals surface area (Å²) in [5.74, 6) is 0.464. The highest BCUT2D eigenvalue weighted by Crippen LogP contribution is 1.78. The maximum Gasteiger partial charge on any atom is 0.328 e. The van der Waals surface area contributed by atoms with Crippen molar-refractivity contribution in [3.05, 3.63) is 33.1 Å². The van der Waals surface area contributed by atoms with Crippen LogP contribution >= 0.6 is 12.6 Å². The molecule has 1 radical (unpaired) electrons. The molecule has 1 rings (SSSR count). The summed E-state index contributed by atoms with van der Waals surface area (Å²) in [6, 6.07) is 1.30. The van der Waals surface area contributed by atoms with Crippen molar-refractivity contribution in [3.8, 4) is 0 Å². The van der Waals surface area contributed by atoms with E-state index >= 15 is 0 Å². The van der Waals surface area contributed by atoms with Crippen LogP contribution in [0.4, 0.5) is 0 Å². The van der Waals surface area contributed by atoms with E-state index in [0.29, 0.717) is 12.3 Å². The molecule has 0 bridgehead atoms. The number of H-pyrrole nitrogens is 1. The molecule has 59 valence electrons. The monoisotopic (exact) mass is 171 g/mol. The number of rotatable bonds is 2. The van der Waals surface area contributed by atoms with Gasteiger partial charge in [0, 0.05) is 24.6 Å². The highest BCUT2D eigenvalue weighted by atomic mass is 32.1. The zero-order valence-corrected chi connectivity index (χ0v) is 6.56. The molecule has 0 spiro atoms. The van der Waals surface area contributed by atoms with Crippen LogP contribution in [0.1, 0.15) is 0 Å². The molecule has 0 aliphatic heterocycles. The summed E-state index contributed by atoms with van der Waals surface area (Å²) < 4.78 is 1.37. The number of hydrogen-bond donors (Lipinski definition) is 1. The van der Waals surface area contributed by atoms with Crippen molar-refractivity contribution in [3.63, 3.8) is 0 Å². The first kappa shape index (κ1) is 8.13. The zero-order chi connectivity index (χ0) is 8.27. The highest BCUT2D eigenvalue weighted by Gasteiger charge is 1.92. The van der Waals surface area contributed by atoms with Gasteiger partial charge >= 0.3 is 5.69 Å². The first-order valence-corrected chi connectivity index (χ1v) is 3.69. The molecule has 11 heavy (non-hydrogen) atoms. The lowest BCUT2D eigenvalue weighted by atomic mass is 10.6. The van der Waals surface area contributed by atoms with E-state index in [4.69, 9.17) is 0 Å². The Kier molecular flexibility index (Phi) is 2.53. The second kappa shape index (κ2) is 3.43. The Morgan fingerprint density at radius 3 is 2.82 bits per heavy atom. The van der Waals surface area contributed by atoms with Gasteiger partial charge in [-0.1, -0.05) is 12.6 Å². The summed E-state index contributed by atoms with van der Waals surface area (Å²) in [5.41, 5.74) is -0.780. The maximum atomic E-state index is 10.9. The van der Waals surface area contributed by atoms with Crippen LogP contribution in [0.2, 0.25) is 0 Å². The van der Waals surface area contributed by atoms with E-state index in [1.165, 1.54) is 16.8 Å². The third kappa shape index (κ3) is 1.98. The maximum absolute atomic E-state index is 10.9. The number of hydrogen-bond acceptors (Lipinski definition) is 2. The van der Waals surface area contributed by atoms with E-state index in [1.54, 1.807) is 0 Å². The summed E-state index contributed by atoms with van der Waals surface area (Å²) in [6.07, 6.45) is 1.44. The molecule has 0 fully saturated rings. The van der Waals surface area contributed by atoms with E-state index in [9.17, 15) is 9.59 Å². The van der Waals surface area contributed by atoms with E-state index in [1.807, 2.05) is 0 Å². The molecule has 1 aromatic rings. The van der Waals surface area contributed by atoms with Gasteiger partial charge in [0.25, 0.3) is 5.56 Å². The van der Waals surface area contributed by atoms with Crippen LogP contribution in [0.3, 0.4) is 0 Å². The van der Waals surface area contributed by atoms with Gasteiger partial charge in [0.1, 0.15) is 0 Å². The minimum absolute atomic E-state index is 0.379.